The second-order valence-electron chi connectivity index (χ2n) is 8.19. The van der Waals surface area contributed by atoms with Crippen molar-refractivity contribution in [1.29, 1.82) is 0 Å². The third-order valence-electron chi connectivity index (χ3n) is 6.17. The summed E-state index contributed by atoms with van der Waals surface area (Å²) < 4.78 is 0. The van der Waals surface area contributed by atoms with Gasteiger partial charge < -0.3 is 15.5 Å². The van der Waals surface area contributed by atoms with Crippen molar-refractivity contribution in [2.24, 2.45) is 5.73 Å². The SMILES string of the molecule is CN(C(=O)CN1CCN(C(=O)C(N)Cc2ccccc2)CC1)C1CCCCC1. The first-order chi connectivity index (χ1) is 13.5. The molecule has 3 rings (SSSR count). The Labute approximate surface area is 168 Å². The van der Waals surface area contributed by atoms with Crippen LogP contribution in [0.4, 0.5) is 0 Å². The summed E-state index contributed by atoms with van der Waals surface area (Å²) in [6.45, 7) is 3.19. The summed E-state index contributed by atoms with van der Waals surface area (Å²) in [6, 6.07) is 9.79. The van der Waals surface area contributed by atoms with Crippen LogP contribution in [-0.2, 0) is 16.0 Å². The van der Waals surface area contributed by atoms with Gasteiger partial charge >= 0.3 is 0 Å². The minimum absolute atomic E-state index is 0.00848. The molecule has 0 bridgehead atoms. The number of carbonyl (C=O) groups excluding carboxylic acids is 2. The van der Waals surface area contributed by atoms with Gasteiger partial charge in [0.1, 0.15) is 0 Å². The normalized spacial score (nSPS) is 20.0. The van der Waals surface area contributed by atoms with Gasteiger partial charge in [-0.05, 0) is 24.8 Å². The van der Waals surface area contributed by atoms with Crippen molar-refractivity contribution in [2.75, 3.05) is 39.8 Å². The standard InChI is InChI=1S/C22H34N4O2/c1-24(19-10-6-3-7-11-19)21(27)17-25-12-14-26(15-13-25)22(28)20(23)16-18-8-4-2-5-9-18/h2,4-5,8-9,19-20H,3,6-7,10-17,23H2,1H3. The maximum absolute atomic E-state index is 12.7. The lowest BCUT2D eigenvalue weighted by Crippen LogP contribution is -2.55. The lowest BCUT2D eigenvalue weighted by Gasteiger charge is -2.37. The van der Waals surface area contributed by atoms with E-state index in [2.05, 4.69) is 4.90 Å². The average Bonchev–Trinajstić information content (AvgIpc) is 2.74. The van der Waals surface area contributed by atoms with E-state index in [1.807, 2.05) is 47.2 Å². The van der Waals surface area contributed by atoms with Crippen LogP contribution in [0.1, 0.15) is 37.7 Å². The molecular formula is C22H34N4O2. The number of benzene rings is 1. The molecule has 6 heteroatoms. The van der Waals surface area contributed by atoms with Crippen molar-refractivity contribution in [3.8, 4) is 0 Å². The first-order valence-corrected chi connectivity index (χ1v) is 10.6. The van der Waals surface area contributed by atoms with E-state index in [1.54, 1.807) is 0 Å². The average molecular weight is 387 g/mol. The highest BCUT2D eigenvalue weighted by Gasteiger charge is 2.28. The number of nitrogens with two attached hydrogens (primary N) is 1. The van der Waals surface area contributed by atoms with Crippen molar-refractivity contribution in [2.45, 2.75) is 50.6 Å². The van der Waals surface area contributed by atoms with Gasteiger partial charge in [-0.2, -0.15) is 0 Å². The minimum atomic E-state index is -0.506. The molecule has 6 nitrogen and oxygen atoms in total. The van der Waals surface area contributed by atoms with Gasteiger partial charge in [0.15, 0.2) is 0 Å². The summed E-state index contributed by atoms with van der Waals surface area (Å²) in [5.74, 6) is 0.210. The van der Waals surface area contributed by atoms with Gasteiger partial charge in [-0.1, -0.05) is 49.6 Å². The van der Waals surface area contributed by atoms with Gasteiger partial charge in [-0.15, -0.1) is 0 Å². The molecule has 1 aliphatic heterocycles. The van der Waals surface area contributed by atoms with E-state index in [0.29, 0.717) is 32.1 Å². The smallest absolute Gasteiger partial charge is 0.239 e. The number of amides is 2. The number of nitrogens with zero attached hydrogens (tertiary/aromatic N) is 3. The number of hydrogen-bond donors (Lipinski definition) is 1. The Morgan fingerprint density at radius 1 is 1.07 bits per heavy atom. The zero-order chi connectivity index (χ0) is 19.9. The second-order valence-corrected chi connectivity index (χ2v) is 8.19. The molecule has 154 valence electrons. The fourth-order valence-electron chi connectivity index (χ4n) is 4.29. The van der Waals surface area contributed by atoms with E-state index >= 15 is 0 Å². The lowest BCUT2D eigenvalue weighted by atomic mass is 9.94. The molecule has 0 spiro atoms. The zero-order valence-corrected chi connectivity index (χ0v) is 17.1. The van der Waals surface area contributed by atoms with Crippen molar-refractivity contribution < 1.29 is 9.59 Å². The van der Waals surface area contributed by atoms with E-state index in [1.165, 1.54) is 19.3 Å². The Bertz CT molecular complexity index is 637. The van der Waals surface area contributed by atoms with Crippen LogP contribution in [0.25, 0.3) is 0 Å². The van der Waals surface area contributed by atoms with Crippen LogP contribution in [0, 0.1) is 0 Å². The predicted octanol–water partition coefficient (Wildman–Crippen LogP) is 1.49. The van der Waals surface area contributed by atoms with Gasteiger partial charge in [0.2, 0.25) is 11.8 Å². The molecule has 2 aliphatic rings. The zero-order valence-electron chi connectivity index (χ0n) is 17.1. The maximum Gasteiger partial charge on any atom is 0.239 e. The Morgan fingerprint density at radius 2 is 1.71 bits per heavy atom. The largest absolute Gasteiger partial charge is 0.342 e. The highest BCUT2D eigenvalue weighted by molar-refractivity contribution is 5.82. The van der Waals surface area contributed by atoms with Crippen LogP contribution in [0.5, 0.6) is 0 Å². The van der Waals surface area contributed by atoms with E-state index < -0.39 is 6.04 Å². The third-order valence-corrected chi connectivity index (χ3v) is 6.17. The Hall–Kier alpha value is -1.92. The monoisotopic (exact) mass is 386 g/mol. The van der Waals surface area contributed by atoms with E-state index in [0.717, 1.165) is 31.5 Å². The second kappa shape index (κ2) is 10.0. The van der Waals surface area contributed by atoms with Crippen LogP contribution in [0.15, 0.2) is 30.3 Å². The van der Waals surface area contributed by atoms with Gasteiger partial charge in [0.05, 0.1) is 12.6 Å². The van der Waals surface area contributed by atoms with E-state index in [4.69, 9.17) is 5.73 Å². The maximum atomic E-state index is 12.7. The van der Waals surface area contributed by atoms with Crippen molar-refractivity contribution in [1.82, 2.24) is 14.7 Å². The fraction of sp³-hybridized carbons (Fsp3) is 0.636. The van der Waals surface area contributed by atoms with Gasteiger partial charge in [-0.25, -0.2) is 0 Å². The number of carbonyl (C=O) groups is 2. The van der Waals surface area contributed by atoms with Crippen molar-refractivity contribution in [3.05, 3.63) is 35.9 Å². The molecule has 2 fully saturated rings. The van der Waals surface area contributed by atoms with Crippen molar-refractivity contribution in [3.63, 3.8) is 0 Å². The highest BCUT2D eigenvalue weighted by atomic mass is 16.2. The van der Waals surface area contributed by atoms with E-state index in [-0.39, 0.29) is 11.8 Å². The first kappa shape index (κ1) is 20.8. The number of piperazine rings is 1. The molecule has 0 radical (unpaired) electrons. The minimum Gasteiger partial charge on any atom is -0.342 e. The summed E-state index contributed by atoms with van der Waals surface area (Å²) in [7, 11) is 1.95. The number of hydrogen-bond acceptors (Lipinski definition) is 4. The van der Waals surface area contributed by atoms with E-state index in [9.17, 15) is 9.59 Å². The van der Waals surface area contributed by atoms with Crippen LogP contribution in [0.3, 0.4) is 0 Å². The molecule has 1 aromatic rings. The molecule has 2 N–H and O–H groups in total. The lowest BCUT2D eigenvalue weighted by molar-refractivity contribution is -0.136. The Morgan fingerprint density at radius 3 is 2.36 bits per heavy atom. The van der Waals surface area contributed by atoms with Crippen LogP contribution < -0.4 is 5.73 Å². The predicted molar refractivity (Wildman–Crippen MR) is 111 cm³/mol. The third kappa shape index (κ3) is 5.55. The van der Waals surface area contributed by atoms with Crippen LogP contribution in [0.2, 0.25) is 0 Å². The molecule has 1 saturated carbocycles. The molecule has 0 aromatic heterocycles. The molecule has 28 heavy (non-hydrogen) atoms. The molecule has 1 unspecified atom stereocenters. The molecule has 1 heterocycles. The Balaban J connectivity index is 1.42. The summed E-state index contributed by atoms with van der Waals surface area (Å²) in [6.07, 6.45) is 6.57. The van der Waals surface area contributed by atoms with Gasteiger partial charge in [0.25, 0.3) is 0 Å². The molecule has 1 saturated heterocycles. The summed E-state index contributed by atoms with van der Waals surface area (Å²) in [5, 5.41) is 0. The topological polar surface area (TPSA) is 69.9 Å². The summed E-state index contributed by atoms with van der Waals surface area (Å²) >= 11 is 0. The van der Waals surface area contributed by atoms with Gasteiger partial charge in [-0.3, -0.25) is 14.5 Å². The molecule has 2 amide bonds. The Kier molecular flexibility index (Phi) is 7.45. The molecule has 1 aromatic carbocycles. The summed E-state index contributed by atoms with van der Waals surface area (Å²) in [5.41, 5.74) is 7.23. The van der Waals surface area contributed by atoms with Crippen LogP contribution >= 0.6 is 0 Å². The van der Waals surface area contributed by atoms with Crippen LogP contribution in [-0.4, -0.2) is 78.4 Å². The number of likely N-dealkylation sites (N-methyl/N-ethyl adjacent to an activating group) is 1. The van der Waals surface area contributed by atoms with Gasteiger partial charge in [0, 0.05) is 39.3 Å². The quantitative estimate of drug-likeness (QED) is 0.804. The summed E-state index contributed by atoms with van der Waals surface area (Å²) in [4.78, 5) is 31.2. The molecule has 1 atom stereocenters. The highest BCUT2D eigenvalue weighted by Crippen LogP contribution is 2.21. The fourth-order valence-corrected chi connectivity index (χ4v) is 4.29. The molecular weight excluding hydrogens is 352 g/mol. The number of rotatable bonds is 6. The first-order valence-electron chi connectivity index (χ1n) is 10.6. The molecule has 1 aliphatic carbocycles. The van der Waals surface area contributed by atoms with Crippen molar-refractivity contribution >= 4 is 11.8 Å².